The molecule has 7 nitrogen and oxygen atoms in total. The molecule has 0 spiro atoms. The number of benzene rings is 1. The maximum Gasteiger partial charge on any atom is 0.293 e. The fraction of sp³-hybridized carbons (Fsp3) is 0.533. The van der Waals surface area contributed by atoms with Gasteiger partial charge >= 0.3 is 0 Å². The minimum Gasteiger partial charge on any atom is -0.393 e. The lowest BCUT2D eigenvalue weighted by Gasteiger charge is -2.31. The largest absolute Gasteiger partial charge is 0.393 e. The Balaban J connectivity index is 2.28. The van der Waals surface area contributed by atoms with Crippen LogP contribution in [-0.4, -0.2) is 41.2 Å². The number of anilines is 1. The summed E-state index contributed by atoms with van der Waals surface area (Å²) in [6.07, 6.45) is 0.839. The first-order chi connectivity index (χ1) is 10.4. The van der Waals surface area contributed by atoms with E-state index in [4.69, 9.17) is 0 Å². The van der Waals surface area contributed by atoms with Gasteiger partial charge in [0.25, 0.3) is 11.6 Å². The summed E-state index contributed by atoms with van der Waals surface area (Å²) in [5, 5.41) is 23.6. The van der Waals surface area contributed by atoms with Crippen molar-refractivity contribution >= 4 is 17.3 Å². The Kier molecular flexibility index (Phi) is 4.97. The molecule has 0 unspecified atom stereocenters. The fourth-order valence-electron chi connectivity index (χ4n) is 2.53. The molecular formula is C15H21N3O4. The van der Waals surface area contributed by atoms with E-state index in [-0.39, 0.29) is 29.3 Å². The van der Waals surface area contributed by atoms with Gasteiger partial charge in [0.05, 0.1) is 11.0 Å². The Labute approximate surface area is 129 Å². The number of carbonyl (C=O) groups excluding carboxylic acids is 1. The molecular weight excluding hydrogens is 286 g/mol. The van der Waals surface area contributed by atoms with Crippen LogP contribution in [0.5, 0.6) is 0 Å². The highest BCUT2D eigenvalue weighted by molar-refractivity contribution is 5.95. The molecule has 1 saturated heterocycles. The minimum atomic E-state index is -0.466. The Morgan fingerprint density at radius 1 is 1.41 bits per heavy atom. The molecule has 1 aliphatic heterocycles. The number of nitro groups is 1. The first kappa shape index (κ1) is 16.2. The molecule has 1 aromatic rings. The van der Waals surface area contributed by atoms with Crippen LogP contribution >= 0.6 is 0 Å². The van der Waals surface area contributed by atoms with Crippen LogP contribution < -0.4 is 10.2 Å². The number of amides is 1. The normalized spacial score (nSPS) is 15.9. The second-order valence-corrected chi connectivity index (χ2v) is 5.81. The van der Waals surface area contributed by atoms with Gasteiger partial charge in [-0.2, -0.15) is 0 Å². The van der Waals surface area contributed by atoms with Gasteiger partial charge in [-0.3, -0.25) is 14.9 Å². The van der Waals surface area contributed by atoms with E-state index >= 15 is 0 Å². The van der Waals surface area contributed by atoms with Gasteiger partial charge in [0.15, 0.2) is 0 Å². The molecule has 0 aliphatic carbocycles. The van der Waals surface area contributed by atoms with Crippen LogP contribution in [0, 0.1) is 10.1 Å². The van der Waals surface area contributed by atoms with Gasteiger partial charge in [-0.1, -0.05) is 0 Å². The highest BCUT2D eigenvalue weighted by Crippen LogP contribution is 2.31. The number of nitro benzene ring substituents is 1. The van der Waals surface area contributed by atoms with Gasteiger partial charge in [0, 0.05) is 30.8 Å². The number of nitrogens with one attached hydrogen (secondary N) is 1. The van der Waals surface area contributed by atoms with Crippen LogP contribution in [0.15, 0.2) is 18.2 Å². The summed E-state index contributed by atoms with van der Waals surface area (Å²) in [6, 6.07) is 4.50. The van der Waals surface area contributed by atoms with E-state index in [1.807, 2.05) is 18.7 Å². The molecule has 2 rings (SSSR count). The highest BCUT2D eigenvalue weighted by Gasteiger charge is 2.25. The third-order valence-electron chi connectivity index (χ3n) is 3.66. The maximum absolute atomic E-state index is 12.0. The predicted octanol–water partition coefficient (Wildman–Crippen LogP) is 1.69. The lowest BCUT2D eigenvalue weighted by molar-refractivity contribution is -0.384. The monoisotopic (exact) mass is 307 g/mol. The topological polar surface area (TPSA) is 95.7 Å². The predicted molar refractivity (Wildman–Crippen MR) is 83.2 cm³/mol. The van der Waals surface area contributed by atoms with Crippen molar-refractivity contribution in [1.82, 2.24) is 5.32 Å². The molecule has 7 heteroatoms. The first-order valence-electron chi connectivity index (χ1n) is 7.41. The Morgan fingerprint density at radius 2 is 2.05 bits per heavy atom. The molecule has 0 aromatic heterocycles. The lowest BCUT2D eigenvalue weighted by atomic mass is 10.1. The van der Waals surface area contributed by atoms with Crippen molar-refractivity contribution in [1.29, 1.82) is 0 Å². The second kappa shape index (κ2) is 6.74. The van der Waals surface area contributed by atoms with Crippen molar-refractivity contribution in [3.8, 4) is 0 Å². The van der Waals surface area contributed by atoms with E-state index in [2.05, 4.69) is 5.32 Å². The smallest absolute Gasteiger partial charge is 0.293 e. The molecule has 0 saturated carbocycles. The summed E-state index contributed by atoms with van der Waals surface area (Å²) < 4.78 is 0. The Bertz CT molecular complexity index is 566. The van der Waals surface area contributed by atoms with Gasteiger partial charge in [0.2, 0.25) is 0 Å². The molecule has 0 atom stereocenters. The van der Waals surface area contributed by atoms with Crippen LogP contribution in [0.2, 0.25) is 0 Å². The number of carbonyl (C=O) groups is 1. The number of rotatable bonds is 4. The van der Waals surface area contributed by atoms with Gasteiger partial charge < -0.3 is 15.3 Å². The lowest BCUT2D eigenvalue weighted by Crippen LogP contribution is -2.36. The van der Waals surface area contributed by atoms with E-state index in [1.165, 1.54) is 6.07 Å². The quantitative estimate of drug-likeness (QED) is 0.652. The van der Waals surface area contributed by atoms with E-state index < -0.39 is 4.92 Å². The van der Waals surface area contributed by atoms with Gasteiger partial charge in [-0.25, -0.2) is 0 Å². The van der Waals surface area contributed by atoms with Crippen molar-refractivity contribution in [2.75, 3.05) is 18.0 Å². The van der Waals surface area contributed by atoms with Gasteiger partial charge in [-0.15, -0.1) is 0 Å². The maximum atomic E-state index is 12.0. The van der Waals surface area contributed by atoms with E-state index in [0.717, 1.165) is 0 Å². The summed E-state index contributed by atoms with van der Waals surface area (Å²) in [5.41, 5.74) is 0.701. The zero-order valence-electron chi connectivity index (χ0n) is 12.8. The number of hydrogen-bond acceptors (Lipinski definition) is 5. The molecule has 0 radical (unpaired) electrons. The summed E-state index contributed by atoms with van der Waals surface area (Å²) in [7, 11) is 0. The third-order valence-corrected chi connectivity index (χ3v) is 3.66. The van der Waals surface area contributed by atoms with Crippen LogP contribution in [0.25, 0.3) is 0 Å². The SMILES string of the molecule is CC(C)NC(=O)c1ccc(N2CCC(O)CC2)c([N+](=O)[O-])c1. The first-order valence-corrected chi connectivity index (χ1v) is 7.41. The summed E-state index contributed by atoms with van der Waals surface area (Å²) in [4.78, 5) is 24.7. The van der Waals surface area contributed by atoms with Gasteiger partial charge in [0.1, 0.15) is 5.69 Å². The van der Waals surface area contributed by atoms with Crippen LogP contribution in [0.4, 0.5) is 11.4 Å². The van der Waals surface area contributed by atoms with Crippen molar-refractivity contribution < 1.29 is 14.8 Å². The Hall–Kier alpha value is -2.15. The summed E-state index contributed by atoms with van der Waals surface area (Å²) >= 11 is 0. The number of aliphatic hydroxyl groups is 1. The molecule has 22 heavy (non-hydrogen) atoms. The number of aliphatic hydroxyl groups excluding tert-OH is 1. The third kappa shape index (κ3) is 3.73. The molecule has 0 bridgehead atoms. The Morgan fingerprint density at radius 3 is 2.59 bits per heavy atom. The molecule has 120 valence electrons. The van der Waals surface area contributed by atoms with Crippen molar-refractivity contribution in [3.05, 3.63) is 33.9 Å². The van der Waals surface area contributed by atoms with Crippen LogP contribution in [-0.2, 0) is 0 Å². The number of piperidine rings is 1. The standard InChI is InChI=1S/C15H21N3O4/c1-10(2)16-15(20)11-3-4-13(14(9-11)18(21)22)17-7-5-12(19)6-8-17/h3-4,9-10,12,19H,5-8H2,1-2H3,(H,16,20). The van der Waals surface area contributed by atoms with Crippen LogP contribution in [0.1, 0.15) is 37.0 Å². The molecule has 1 aromatic carbocycles. The minimum absolute atomic E-state index is 0.0326. The van der Waals surface area contributed by atoms with Gasteiger partial charge in [-0.05, 0) is 38.8 Å². The van der Waals surface area contributed by atoms with E-state index in [0.29, 0.717) is 31.6 Å². The summed E-state index contributed by atoms with van der Waals surface area (Å²) in [6.45, 7) is 4.80. The van der Waals surface area contributed by atoms with Crippen molar-refractivity contribution in [2.24, 2.45) is 0 Å². The number of nitrogens with zero attached hydrogens (tertiary/aromatic N) is 2. The van der Waals surface area contributed by atoms with E-state index in [1.54, 1.807) is 12.1 Å². The zero-order chi connectivity index (χ0) is 16.3. The van der Waals surface area contributed by atoms with E-state index in [9.17, 15) is 20.0 Å². The molecule has 1 fully saturated rings. The van der Waals surface area contributed by atoms with Crippen molar-refractivity contribution in [2.45, 2.75) is 38.8 Å². The average Bonchev–Trinajstić information content (AvgIpc) is 2.46. The molecule has 1 aliphatic rings. The second-order valence-electron chi connectivity index (χ2n) is 5.81. The van der Waals surface area contributed by atoms with Crippen LogP contribution in [0.3, 0.4) is 0 Å². The summed E-state index contributed by atoms with van der Waals surface area (Å²) in [5.74, 6) is -0.321. The molecule has 2 N–H and O–H groups in total. The zero-order valence-corrected chi connectivity index (χ0v) is 12.8. The fourth-order valence-corrected chi connectivity index (χ4v) is 2.53. The average molecular weight is 307 g/mol. The van der Waals surface area contributed by atoms with Crippen molar-refractivity contribution in [3.63, 3.8) is 0 Å². The molecule has 1 heterocycles. The molecule has 1 amide bonds. The highest BCUT2D eigenvalue weighted by atomic mass is 16.6. The number of hydrogen-bond donors (Lipinski definition) is 2.